The molecule has 1 aliphatic carbocycles. The van der Waals surface area contributed by atoms with Crippen LogP contribution in [0.1, 0.15) is 29.2 Å². The van der Waals surface area contributed by atoms with E-state index >= 15 is 0 Å². The lowest BCUT2D eigenvalue weighted by Gasteiger charge is -2.14. The summed E-state index contributed by atoms with van der Waals surface area (Å²) in [6, 6.07) is 6.64. The van der Waals surface area contributed by atoms with Crippen LogP contribution >= 0.6 is 0 Å². The van der Waals surface area contributed by atoms with Crippen molar-refractivity contribution < 1.29 is 4.79 Å². The summed E-state index contributed by atoms with van der Waals surface area (Å²) in [5.41, 5.74) is 1.36. The molecule has 2 aromatic rings. The number of hydrogen-bond acceptors (Lipinski definition) is 6. The molecule has 1 aromatic carbocycles. The zero-order chi connectivity index (χ0) is 15.7. The standard InChI is InChI=1S/C15H14N4O3/c1-16-14-12(8-20)15(21)19(11-5-6-11)17-13(14)9-3-2-4-10(7-9)18-22/h2-4,7-8,11,16H,5-6H2,1H3. The van der Waals surface area contributed by atoms with Crippen LogP contribution in [0, 0.1) is 4.91 Å². The number of rotatable bonds is 5. The molecule has 7 nitrogen and oxygen atoms in total. The maximum absolute atomic E-state index is 12.3. The minimum Gasteiger partial charge on any atom is -0.386 e. The van der Waals surface area contributed by atoms with Crippen molar-refractivity contribution >= 4 is 17.7 Å². The minimum atomic E-state index is -0.393. The van der Waals surface area contributed by atoms with Crippen molar-refractivity contribution in [3.63, 3.8) is 0 Å². The average molecular weight is 298 g/mol. The molecule has 0 atom stereocenters. The second-order valence-electron chi connectivity index (χ2n) is 5.13. The van der Waals surface area contributed by atoms with Crippen LogP contribution in [0.25, 0.3) is 11.3 Å². The van der Waals surface area contributed by atoms with Gasteiger partial charge < -0.3 is 5.32 Å². The van der Waals surface area contributed by atoms with Gasteiger partial charge in [-0.3, -0.25) is 9.59 Å². The lowest BCUT2D eigenvalue weighted by atomic mass is 10.1. The van der Waals surface area contributed by atoms with Gasteiger partial charge in [0.1, 0.15) is 16.9 Å². The third-order valence-electron chi connectivity index (χ3n) is 3.64. The van der Waals surface area contributed by atoms with E-state index in [1.807, 2.05) is 0 Å². The van der Waals surface area contributed by atoms with E-state index in [2.05, 4.69) is 15.6 Å². The fraction of sp³-hybridized carbons (Fsp3) is 0.267. The molecule has 0 amide bonds. The Balaban J connectivity index is 2.29. The number of aromatic nitrogens is 2. The Morgan fingerprint density at radius 2 is 2.18 bits per heavy atom. The molecular weight excluding hydrogens is 284 g/mol. The van der Waals surface area contributed by atoms with Crippen molar-refractivity contribution in [2.24, 2.45) is 5.18 Å². The number of hydrogen-bond donors (Lipinski definition) is 1. The number of benzene rings is 1. The first-order valence-electron chi connectivity index (χ1n) is 6.93. The number of carbonyl (C=O) groups excluding carboxylic acids is 1. The van der Waals surface area contributed by atoms with E-state index in [9.17, 15) is 14.5 Å². The van der Waals surface area contributed by atoms with Crippen LogP contribution in [0.5, 0.6) is 0 Å². The second-order valence-corrected chi connectivity index (χ2v) is 5.13. The highest BCUT2D eigenvalue weighted by Crippen LogP contribution is 2.35. The van der Waals surface area contributed by atoms with Crippen molar-refractivity contribution in [2.75, 3.05) is 12.4 Å². The van der Waals surface area contributed by atoms with Crippen LogP contribution in [-0.2, 0) is 0 Å². The van der Waals surface area contributed by atoms with Gasteiger partial charge in [-0.2, -0.15) is 5.10 Å². The quantitative estimate of drug-likeness (QED) is 0.676. The predicted molar refractivity (Wildman–Crippen MR) is 82.6 cm³/mol. The van der Waals surface area contributed by atoms with Crippen LogP contribution in [0.4, 0.5) is 11.4 Å². The maximum Gasteiger partial charge on any atom is 0.279 e. The number of carbonyl (C=O) groups is 1. The molecule has 7 heteroatoms. The zero-order valence-corrected chi connectivity index (χ0v) is 11.9. The van der Waals surface area contributed by atoms with E-state index in [1.165, 1.54) is 4.68 Å². The lowest BCUT2D eigenvalue weighted by molar-refractivity contribution is 0.112. The molecule has 1 aromatic heterocycles. The van der Waals surface area contributed by atoms with Crippen LogP contribution in [0.2, 0.25) is 0 Å². The zero-order valence-electron chi connectivity index (χ0n) is 11.9. The Labute approximate surface area is 125 Å². The van der Waals surface area contributed by atoms with Gasteiger partial charge in [0.2, 0.25) is 0 Å². The number of nitroso groups, excluding NO2 is 1. The summed E-state index contributed by atoms with van der Waals surface area (Å²) in [5.74, 6) is 0. The largest absolute Gasteiger partial charge is 0.386 e. The van der Waals surface area contributed by atoms with Gasteiger partial charge in [-0.15, -0.1) is 4.91 Å². The lowest BCUT2D eigenvalue weighted by Crippen LogP contribution is -2.27. The van der Waals surface area contributed by atoms with E-state index in [-0.39, 0.29) is 17.3 Å². The molecule has 22 heavy (non-hydrogen) atoms. The summed E-state index contributed by atoms with van der Waals surface area (Å²) in [6.45, 7) is 0. The molecule has 0 bridgehead atoms. The number of nitrogens with one attached hydrogen (secondary N) is 1. The number of nitrogens with zero attached hydrogens (tertiary/aromatic N) is 3. The van der Waals surface area contributed by atoms with Crippen molar-refractivity contribution in [1.82, 2.24) is 9.78 Å². The molecule has 0 saturated heterocycles. The summed E-state index contributed by atoms with van der Waals surface area (Å²) in [5, 5.41) is 10.2. The molecule has 1 aliphatic rings. The minimum absolute atomic E-state index is 0.0447. The van der Waals surface area contributed by atoms with Gasteiger partial charge in [-0.1, -0.05) is 12.1 Å². The summed E-state index contributed by atoms with van der Waals surface area (Å²) < 4.78 is 1.36. The first-order chi connectivity index (χ1) is 10.7. The predicted octanol–water partition coefficient (Wildman–Crippen LogP) is 2.50. The summed E-state index contributed by atoms with van der Waals surface area (Å²) >= 11 is 0. The summed E-state index contributed by atoms with van der Waals surface area (Å²) in [4.78, 5) is 34.4. The van der Waals surface area contributed by atoms with E-state index in [0.717, 1.165) is 12.8 Å². The summed E-state index contributed by atoms with van der Waals surface area (Å²) in [6.07, 6.45) is 2.29. The molecular formula is C15H14N4O3. The fourth-order valence-corrected chi connectivity index (χ4v) is 2.40. The maximum atomic E-state index is 12.3. The van der Waals surface area contributed by atoms with E-state index in [1.54, 1.807) is 31.3 Å². The van der Waals surface area contributed by atoms with Crippen LogP contribution in [0.15, 0.2) is 34.2 Å². The third-order valence-corrected chi connectivity index (χ3v) is 3.64. The highest BCUT2D eigenvalue weighted by molar-refractivity contribution is 5.90. The second kappa shape index (κ2) is 5.51. The third kappa shape index (κ3) is 2.30. The highest BCUT2D eigenvalue weighted by atomic mass is 16.3. The van der Waals surface area contributed by atoms with Gasteiger partial charge in [-0.25, -0.2) is 4.68 Å². The molecule has 0 spiro atoms. The molecule has 1 fully saturated rings. The molecule has 1 heterocycles. The molecule has 3 rings (SSSR count). The normalized spacial score (nSPS) is 13.7. The Morgan fingerprint density at radius 1 is 1.41 bits per heavy atom. The van der Waals surface area contributed by atoms with Crippen molar-refractivity contribution in [3.05, 3.63) is 45.1 Å². The Bertz CT molecular complexity index is 809. The van der Waals surface area contributed by atoms with E-state index < -0.39 is 5.56 Å². The van der Waals surface area contributed by atoms with Crippen molar-refractivity contribution in [3.8, 4) is 11.3 Å². The molecule has 112 valence electrons. The SMILES string of the molecule is CNc1c(-c2cccc(N=O)c2)nn(C2CC2)c(=O)c1C=O. The van der Waals surface area contributed by atoms with E-state index in [4.69, 9.17) is 0 Å². The fourth-order valence-electron chi connectivity index (χ4n) is 2.40. The van der Waals surface area contributed by atoms with Crippen LogP contribution in [0.3, 0.4) is 0 Å². The average Bonchev–Trinajstić information content (AvgIpc) is 3.39. The molecule has 1 saturated carbocycles. The van der Waals surface area contributed by atoms with Crippen LogP contribution < -0.4 is 10.9 Å². The van der Waals surface area contributed by atoms with Gasteiger partial charge in [0.25, 0.3) is 5.56 Å². The van der Waals surface area contributed by atoms with Crippen molar-refractivity contribution in [1.29, 1.82) is 0 Å². The number of aldehydes is 1. The van der Waals surface area contributed by atoms with Gasteiger partial charge in [-0.05, 0) is 30.2 Å². The molecule has 1 N–H and O–H groups in total. The van der Waals surface area contributed by atoms with E-state index in [0.29, 0.717) is 23.2 Å². The van der Waals surface area contributed by atoms with Crippen molar-refractivity contribution in [2.45, 2.75) is 18.9 Å². The number of anilines is 1. The Hall–Kier alpha value is -2.83. The van der Waals surface area contributed by atoms with Gasteiger partial charge >= 0.3 is 0 Å². The molecule has 0 aliphatic heterocycles. The smallest absolute Gasteiger partial charge is 0.279 e. The molecule has 0 radical (unpaired) electrons. The Morgan fingerprint density at radius 3 is 2.77 bits per heavy atom. The molecule has 0 unspecified atom stereocenters. The Kier molecular flexibility index (Phi) is 3.54. The summed E-state index contributed by atoms with van der Waals surface area (Å²) in [7, 11) is 1.62. The first-order valence-corrected chi connectivity index (χ1v) is 6.93. The van der Waals surface area contributed by atoms with Gasteiger partial charge in [0, 0.05) is 12.6 Å². The topological polar surface area (TPSA) is 93.4 Å². The van der Waals surface area contributed by atoms with Crippen LogP contribution in [-0.4, -0.2) is 23.1 Å². The highest BCUT2D eigenvalue weighted by Gasteiger charge is 2.29. The first kappa shape index (κ1) is 14.1. The van der Waals surface area contributed by atoms with Gasteiger partial charge in [0.05, 0.1) is 11.7 Å². The monoisotopic (exact) mass is 298 g/mol. The van der Waals surface area contributed by atoms with Gasteiger partial charge in [0.15, 0.2) is 6.29 Å².